The molecular formula is C15H25ClN4O2. The molecule has 6 nitrogen and oxygen atoms in total. The number of amides is 1. The Morgan fingerprint density at radius 3 is 2.95 bits per heavy atom. The summed E-state index contributed by atoms with van der Waals surface area (Å²) in [7, 11) is 0. The maximum Gasteiger partial charge on any atom is 0.255 e. The molecule has 1 aromatic rings. The van der Waals surface area contributed by atoms with Crippen LogP contribution in [0.5, 0.6) is 0 Å². The lowest BCUT2D eigenvalue weighted by Gasteiger charge is -2.28. The monoisotopic (exact) mass is 328 g/mol. The molecule has 0 aromatic carbocycles. The molecule has 0 saturated carbocycles. The highest BCUT2D eigenvalue weighted by molar-refractivity contribution is 5.96. The second kappa shape index (κ2) is 8.31. The molecular weight excluding hydrogens is 304 g/mol. The van der Waals surface area contributed by atoms with Gasteiger partial charge < -0.3 is 15.7 Å². The van der Waals surface area contributed by atoms with Gasteiger partial charge in [0.05, 0.1) is 23.9 Å². The van der Waals surface area contributed by atoms with Crippen LogP contribution in [-0.4, -0.2) is 46.5 Å². The zero-order valence-electron chi connectivity index (χ0n) is 13.1. The van der Waals surface area contributed by atoms with Gasteiger partial charge in [-0.05, 0) is 26.8 Å². The predicted molar refractivity (Wildman–Crippen MR) is 88.5 cm³/mol. The van der Waals surface area contributed by atoms with Crippen molar-refractivity contribution in [2.75, 3.05) is 19.6 Å². The van der Waals surface area contributed by atoms with E-state index < -0.39 is 6.10 Å². The van der Waals surface area contributed by atoms with Crippen molar-refractivity contribution in [3.63, 3.8) is 0 Å². The normalized spacial score (nSPS) is 21.0. The number of carbonyl (C=O) groups is 1. The van der Waals surface area contributed by atoms with E-state index in [9.17, 15) is 9.90 Å². The molecule has 2 heterocycles. The first kappa shape index (κ1) is 18.7. The van der Waals surface area contributed by atoms with Crippen LogP contribution >= 0.6 is 12.4 Å². The average Bonchev–Trinajstić information content (AvgIpc) is 2.73. The highest BCUT2D eigenvalue weighted by atomic mass is 35.5. The van der Waals surface area contributed by atoms with Gasteiger partial charge >= 0.3 is 0 Å². The summed E-state index contributed by atoms with van der Waals surface area (Å²) < 4.78 is 1.77. The highest BCUT2D eigenvalue weighted by Crippen LogP contribution is 2.15. The first-order valence-electron chi connectivity index (χ1n) is 7.36. The summed E-state index contributed by atoms with van der Waals surface area (Å²) in [5, 5.41) is 20.3. The molecule has 1 aliphatic heterocycles. The number of piperidine rings is 1. The van der Waals surface area contributed by atoms with E-state index in [4.69, 9.17) is 0 Å². The van der Waals surface area contributed by atoms with Gasteiger partial charge in [-0.25, -0.2) is 0 Å². The number of aryl methyl sites for hydroxylation is 1. The van der Waals surface area contributed by atoms with Crippen molar-refractivity contribution in [3.8, 4) is 0 Å². The van der Waals surface area contributed by atoms with Crippen molar-refractivity contribution >= 4 is 18.3 Å². The van der Waals surface area contributed by atoms with E-state index in [0.717, 1.165) is 24.4 Å². The summed E-state index contributed by atoms with van der Waals surface area (Å²) in [5.74, 6) is -0.00919. The van der Waals surface area contributed by atoms with Gasteiger partial charge in [0.2, 0.25) is 0 Å². The quantitative estimate of drug-likeness (QED) is 0.699. The highest BCUT2D eigenvalue weighted by Gasteiger charge is 2.24. The number of halogens is 1. The Morgan fingerprint density at radius 2 is 2.32 bits per heavy atom. The van der Waals surface area contributed by atoms with E-state index in [1.807, 2.05) is 13.8 Å². The lowest BCUT2D eigenvalue weighted by atomic mass is 9.95. The summed E-state index contributed by atoms with van der Waals surface area (Å²) in [6.07, 6.45) is 2.23. The Morgan fingerprint density at radius 1 is 1.59 bits per heavy atom. The fourth-order valence-electron chi connectivity index (χ4n) is 2.77. The standard InChI is InChI=1S/C15H24N4O2.ClH/c1-4-7-19-11(3)14(10(2)18-19)15(21)17-8-12-5-6-16-9-13(12)20;/h4,12-13,16,20H,1,5-9H2,2-3H3,(H,17,21);1H/t12-,13+;/m0./s1. The van der Waals surface area contributed by atoms with Crippen LogP contribution in [0.15, 0.2) is 12.7 Å². The molecule has 2 atom stereocenters. The van der Waals surface area contributed by atoms with Crippen molar-refractivity contribution in [2.24, 2.45) is 5.92 Å². The Balaban J connectivity index is 0.00000242. The largest absolute Gasteiger partial charge is 0.391 e. The van der Waals surface area contributed by atoms with E-state index in [1.54, 1.807) is 10.8 Å². The average molecular weight is 329 g/mol. The second-order valence-electron chi connectivity index (χ2n) is 5.55. The van der Waals surface area contributed by atoms with E-state index in [2.05, 4.69) is 22.3 Å². The lowest BCUT2D eigenvalue weighted by molar-refractivity contribution is 0.0753. The number of β-amino-alcohol motifs (C(OH)–C–C–N with tert-alkyl or cyclic N) is 1. The van der Waals surface area contributed by atoms with Gasteiger partial charge in [-0.1, -0.05) is 6.08 Å². The Hall–Kier alpha value is -1.37. The van der Waals surface area contributed by atoms with Crippen molar-refractivity contribution in [2.45, 2.75) is 32.9 Å². The smallest absolute Gasteiger partial charge is 0.255 e. The minimum Gasteiger partial charge on any atom is -0.391 e. The number of nitrogens with zero attached hydrogens (tertiary/aromatic N) is 2. The molecule has 0 bridgehead atoms. The maximum absolute atomic E-state index is 12.4. The lowest BCUT2D eigenvalue weighted by Crippen LogP contribution is -2.45. The van der Waals surface area contributed by atoms with Crippen LogP contribution in [-0.2, 0) is 6.54 Å². The molecule has 1 saturated heterocycles. The number of hydrogen-bond acceptors (Lipinski definition) is 4. The summed E-state index contributed by atoms with van der Waals surface area (Å²) >= 11 is 0. The first-order valence-corrected chi connectivity index (χ1v) is 7.36. The molecule has 1 amide bonds. The Kier molecular flexibility index (Phi) is 7.06. The third kappa shape index (κ3) is 4.09. The number of aliphatic hydroxyl groups excluding tert-OH is 1. The maximum atomic E-state index is 12.4. The van der Waals surface area contributed by atoms with Crippen LogP contribution in [0, 0.1) is 19.8 Å². The number of allylic oxidation sites excluding steroid dienone is 1. The predicted octanol–water partition coefficient (Wildman–Crippen LogP) is 0.808. The molecule has 1 aliphatic rings. The van der Waals surface area contributed by atoms with Crippen molar-refractivity contribution in [1.82, 2.24) is 20.4 Å². The van der Waals surface area contributed by atoms with Crippen LogP contribution in [0.4, 0.5) is 0 Å². The van der Waals surface area contributed by atoms with E-state index in [1.165, 1.54) is 0 Å². The number of nitrogens with one attached hydrogen (secondary N) is 2. The van der Waals surface area contributed by atoms with Crippen molar-refractivity contribution in [1.29, 1.82) is 0 Å². The molecule has 0 radical (unpaired) electrons. The van der Waals surface area contributed by atoms with Crippen LogP contribution < -0.4 is 10.6 Å². The van der Waals surface area contributed by atoms with E-state index in [-0.39, 0.29) is 24.2 Å². The number of hydrogen-bond donors (Lipinski definition) is 3. The zero-order chi connectivity index (χ0) is 15.4. The van der Waals surface area contributed by atoms with E-state index in [0.29, 0.717) is 25.2 Å². The second-order valence-corrected chi connectivity index (χ2v) is 5.55. The van der Waals surface area contributed by atoms with E-state index >= 15 is 0 Å². The first-order chi connectivity index (χ1) is 10.0. The molecule has 124 valence electrons. The fourth-order valence-corrected chi connectivity index (χ4v) is 2.77. The van der Waals surface area contributed by atoms with Gasteiger partial charge in [0.1, 0.15) is 0 Å². The molecule has 1 aromatic heterocycles. The van der Waals surface area contributed by atoms with Crippen LogP contribution in [0.2, 0.25) is 0 Å². The summed E-state index contributed by atoms with van der Waals surface area (Å²) in [4.78, 5) is 12.4. The molecule has 0 unspecified atom stereocenters. The SMILES string of the molecule is C=CCn1nc(C)c(C(=O)NC[C@@H]2CCNC[C@H]2O)c1C.Cl. The topological polar surface area (TPSA) is 79.2 Å². The summed E-state index contributed by atoms with van der Waals surface area (Å²) in [6.45, 7) is 9.97. The molecule has 22 heavy (non-hydrogen) atoms. The minimum absolute atomic E-state index is 0. The molecule has 7 heteroatoms. The number of aliphatic hydroxyl groups is 1. The Bertz CT molecular complexity index is 530. The van der Waals surface area contributed by atoms with Crippen molar-refractivity contribution < 1.29 is 9.90 Å². The molecule has 0 spiro atoms. The van der Waals surface area contributed by atoms with Gasteiger partial charge in [0, 0.05) is 24.7 Å². The molecule has 1 fully saturated rings. The Labute approximate surface area is 137 Å². The molecule has 3 N–H and O–H groups in total. The summed E-state index contributed by atoms with van der Waals surface area (Å²) in [5.41, 5.74) is 2.19. The number of rotatable bonds is 5. The van der Waals surface area contributed by atoms with Gasteiger partial charge in [-0.3, -0.25) is 9.48 Å². The van der Waals surface area contributed by atoms with Crippen LogP contribution in [0.3, 0.4) is 0 Å². The van der Waals surface area contributed by atoms with Gasteiger partial charge in [0.15, 0.2) is 0 Å². The zero-order valence-corrected chi connectivity index (χ0v) is 13.9. The van der Waals surface area contributed by atoms with Crippen molar-refractivity contribution in [3.05, 3.63) is 29.6 Å². The van der Waals surface area contributed by atoms with Crippen LogP contribution in [0.1, 0.15) is 28.2 Å². The summed E-state index contributed by atoms with van der Waals surface area (Å²) in [6, 6.07) is 0. The number of carbonyl (C=O) groups excluding carboxylic acids is 1. The van der Waals surface area contributed by atoms with Gasteiger partial charge in [0.25, 0.3) is 5.91 Å². The van der Waals surface area contributed by atoms with Gasteiger partial charge in [-0.2, -0.15) is 5.10 Å². The minimum atomic E-state index is -0.398. The number of aromatic nitrogens is 2. The van der Waals surface area contributed by atoms with Crippen LogP contribution in [0.25, 0.3) is 0 Å². The third-order valence-corrected chi connectivity index (χ3v) is 4.02. The molecule has 0 aliphatic carbocycles. The van der Waals surface area contributed by atoms with Gasteiger partial charge in [-0.15, -0.1) is 19.0 Å². The fraction of sp³-hybridized carbons (Fsp3) is 0.600. The third-order valence-electron chi connectivity index (χ3n) is 4.02. The molecule has 2 rings (SSSR count).